The molecule has 0 bridgehead atoms. The fourth-order valence-electron chi connectivity index (χ4n) is 2.47. The molecule has 0 atom stereocenters. The topological polar surface area (TPSA) is 49.8 Å². The van der Waals surface area contributed by atoms with Gasteiger partial charge in [-0.3, -0.25) is 0 Å². The summed E-state index contributed by atoms with van der Waals surface area (Å²) in [6.07, 6.45) is -0.413. The molecule has 1 aromatic carbocycles. The lowest BCUT2D eigenvalue weighted by atomic mass is 9.89. The maximum absolute atomic E-state index is 5.89. The molecule has 1 aromatic heterocycles. The Balaban J connectivity index is 1.99. The van der Waals surface area contributed by atoms with E-state index in [1.165, 1.54) is 0 Å². The van der Waals surface area contributed by atoms with Crippen molar-refractivity contribution < 1.29 is 18.9 Å². The monoisotopic (exact) mass is 299 g/mol. The fraction of sp³-hybridized carbons (Fsp3) is 0.312. The smallest absolute Gasteiger partial charge is 0.219 e. The molecule has 0 spiro atoms. The van der Waals surface area contributed by atoms with Gasteiger partial charge in [0, 0.05) is 17.3 Å². The molecule has 6 heteroatoms. The summed E-state index contributed by atoms with van der Waals surface area (Å²) in [5, 5.41) is 0. The number of hydrogen-bond donors (Lipinski definition) is 0. The predicted octanol–water partition coefficient (Wildman–Crippen LogP) is 1.49. The molecule has 2 heterocycles. The van der Waals surface area contributed by atoms with Gasteiger partial charge in [0.05, 0.1) is 20.3 Å². The molecule has 1 aliphatic heterocycles. The number of ether oxygens (including phenoxy) is 4. The lowest BCUT2D eigenvalue weighted by Gasteiger charge is -2.19. The molecule has 0 aliphatic carbocycles. The molecule has 0 amide bonds. The van der Waals surface area contributed by atoms with Crippen LogP contribution in [0.1, 0.15) is 17.5 Å². The van der Waals surface area contributed by atoms with Gasteiger partial charge in [0.2, 0.25) is 5.88 Å². The molecule has 114 valence electrons. The van der Waals surface area contributed by atoms with Crippen LogP contribution in [0.5, 0.6) is 17.4 Å². The number of methoxy groups -OCH3 is 1. The minimum absolute atomic E-state index is 0.413. The molecule has 1 saturated heterocycles. The SMILES string of the molecule is Bc1ccc(Oc2cccc(C)n2)c(OC)c1C1OCCO1. The summed E-state index contributed by atoms with van der Waals surface area (Å²) < 4.78 is 22.7. The summed E-state index contributed by atoms with van der Waals surface area (Å²) in [6, 6.07) is 9.48. The van der Waals surface area contributed by atoms with Crippen LogP contribution in [0.3, 0.4) is 0 Å². The van der Waals surface area contributed by atoms with E-state index in [1.54, 1.807) is 7.11 Å². The van der Waals surface area contributed by atoms with Crippen molar-refractivity contribution >= 4 is 13.3 Å². The van der Waals surface area contributed by atoms with Crippen molar-refractivity contribution in [2.45, 2.75) is 13.2 Å². The van der Waals surface area contributed by atoms with Crippen molar-refractivity contribution in [3.63, 3.8) is 0 Å². The number of aryl methyl sites for hydroxylation is 1. The first-order valence-corrected chi connectivity index (χ1v) is 7.21. The molecule has 3 rings (SSSR count). The highest BCUT2D eigenvalue weighted by Gasteiger charge is 2.26. The van der Waals surface area contributed by atoms with E-state index < -0.39 is 6.29 Å². The van der Waals surface area contributed by atoms with E-state index in [-0.39, 0.29) is 0 Å². The Morgan fingerprint density at radius 2 is 1.95 bits per heavy atom. The van der Waals surface area contributed by atoms with Crippen LogP contribution in [0, 0.1) is 6.92 Å². The molecule has 5 nitrogen and oxygen atoms in total. The third-order valence-corrected chi connectivity index (χ3v) is 3.52. The quantitative estimate of drug-likeness (QED) is 0.801. The van der Waals surface area contributed by atoms with Gasteiger partial charge >= 0.3 is 0 Å². The van der Waals surface area contributed by atoms with Crippen molar-refractivity contribution in [3.05, 3.63) is 41.6 Å². The summed E-state index contributed by atoms with van der Waals surface area (Å²) in [5.41, 5.74) is 2.80. The van der Waals surface area contributed by atoms with Crippen molar-refractivity contribution in [1.29, 1.82) is 0 Å². The van der Waals surface area contributed by atoms with Crippen LogP contribution in [-0.2, 0) is 9.47 Å². The van der Waals surface area contributed by atoms with E-state index >= 15 is 0 Å². The van der Waals surface area contributed by atoms with Crippen LogP contribution in [0.4, 0.5) is 0 Å². The molecule has 2 aromatic rings. The van der Waals surface area contributed by atoms with Gasteiger partial charge in [0.15, 0.2) is 17.8 Å². The number of aromatic nitrogens is 1. The second kappa shape index (κ2) is 6.38. The van der Waals surface area contributed by atoms with Crippen LogP contribution in [0.25, 0.3) is 0 Å². The lowest BCUT2D eigenvalue weighted by Crippen LogP contribution is -2.17. The van der Waals surface area contributed by atoms with E-state index in [9.17, 15) is 0 Å². The van der Waals surface area contributed by atoms with E-state index in [2.05, 4.69) is 4.98 Å². The number of rotatable bonds is 4. The van der Waals surface area contributed by atoms with E-state index in [0.29, 0.717) is 30.6 Å². The third kappa shape index (κ3) is 2.93. The normalized spacial score (nSPS) is 15.0. The maximum atomic E-state index is 5.89. The number of benzene rings is 1. The van der Waals surface area contributed by atoms with E-state index in [1.807, 2.05) is 45.1 Å². The Kier molecular flexibility index (Phi) is 4.31. The largest absolute Gasteiger partial charge is 0.492 e. The Morgan fingerprint density at radius 3 is 2.64 bits per heavy atom. The van der Waals surface area contributed by atoms with E-state index in [4.69, 9.17) is 18.9 Å². The van der Waals surface area contributed by atoms with Crippen LogP contribution in [0.15, 0.2) is 30.3 Å². The van der Waals surface area contributed by atoms with Gasteiger partial charge in [0.1, 0.15) is 7.85 Å². The van der Waals surface area contributed by atoms with Crippen molar-refractivity contribution in [2.24, 2.45) is 0 Å². The zero-order valence-electron chi connectivity index (χ0n) is 13.0. The molecule has 22 heavy (non-hydrogen) atoms. The first-order valence-electron chi connectivity index (χ1n) is 7.21. The molecule has 0 radical (unpaired) electrons. The number of hydrogen-bond acceptors (Lipinski definition) is 5. The van der Waals surface area contributed by atoms with Crippen molar-refractivity contribution in [2.75, 3.05) is 20.3 Å². The fourth-order valence-corrected chi connectivity index (χ4v) is 2.47. The third-order valence-electron chi connectivity index (χ3n) is 3.52. The van der Waals surface area contributed by atoms with Gasteiger partial charge in [-0.05, 0) is 19.1 Å². The van der Waals surface area contributed by atoms with Crippen LogP contribution in [0.2, 0.25) is 0 Å². The molecule has 1 fully saturated rings. The lowest BCUT2D eigenvalue weighted by molar-refractivity contribution is -0.0448. The van der Waals surface area contributed by atoms with Crippen molar-refractivity contribution in [1.82, 2.24) is 4.98 Å². The Hall–Kier alpha value is -2.05. The Morgan fingerprint density at radius 1 is 1.18 bits per heavy atom. The standard InChI is InChI=1S/C16H18BNO4/c1-10-4-3-5-13(18-10)22-12-7-6-11(17)14(15(12)19-2)16-20-8-9-21-16/h3-7,16H,8-9,17H2,1-2H3. The molecule has 0 saturated carbocycles. The summed E-state index contributed by atoms with van der Waals surface area (Å²) in [4.78, 5) is 4.35. The van der Waals surface area contributed by atoms with Crippen LogP contribution < -0.4 is 14.9 Å². The van der Waals surface area contributed by atoms with Gasteiger partial charge < -0.3 is 18.9 Å². The maximum Gasteiger partial charge on any atom is 0.219 e. The highest BCUT2D eigenvalue weighted by Crippen LogP contribution is 2.38. The average molecular weight is 299 g/mol. The zero-order chi connectivity index (χ0) is 15.5. The highest BCUT2D eigenvalue weighted by atomic mass is 16.7. The Labute approximate surface area is 130 Å². The van der Waals surface area contributed by atoms with Crippen LogP contribution in [-0.4, -0.2) is 33.2 Å². The molecular formula is C16H18BNO4. The first-order chi connectivity index (χ1) is 10.7. The van der Waals surface area contributed by atoms with Gasteiger partial charge in [-0.1, -0.05) is 17.6 Å². The molecule has 0 N–H and O–H groups in total. The minimum Gasteiger partial charge on any atom is -0.492 e. The summed E-state index contributed by atoms with van der Waals surface area (Å²) in [6.45, 7) is 3.08. The summed E-state index contributed by atoms with van der Waals surface area (Å²) in [7, 11) is 3.61. The van der Waals surface area contributed by atoms with E-state index in [0.717, 1.165) is 16.7 Å². The van der Waals surface area contributed by atoms with Gasteiger partial charge in [-0.2, -0.15) is 0 Å². The molecule has 0 unspecified atom stereocenters. The van der Waals surface area contributed by atoms with Crippen molar-refractivity contribution in [3.8, 4) is 17.4 Å². The predicted molar refractivity (Wildman–Crippen MR) is 84.9 cm³/mol. The average Bonchev–Trinajstić information content (AvgIpc) is 3.02. The van der Waals surface area contributed by atoms with Gasteiger partial charge in [-0.25, -0.2) is 4.98 Å². The van der Waals surface area contributed by atoms with Gasteiger partial charge in [0.25, 0.3) is 0 Å². The van der Waals surface area contributed by atoms with Crippen LogP contribution >= 0.6 is 0 Å². The first kappa shape index (κ1) is 14.9. The Bertz CT molecular complexity index is 671. The highest BCUT2D eigenvalue weighted by molar-refractivity contribution is 6.33. The second-order valence-electron chi connectivity index (χ2n) is 5.12. The summed E-state index contributed by atoms with van der Waals surface area (Å²) in [5.74, 6) is 1.75. The molecular weight excluding hydrogens is 281 g/mol. The zero-order valence-corrected chi connectivity index (χ0v) is 13.0. The minimum atomic E-state index is -0.413. The number of pyridine rings is 1. The number of nitrogens with zero attached hydrogens (tertiary/aromatic N) is 1. The molecule has 1 aliphatic rings. The van der Waals surface area contributed by atoms with Gasteiger partial charge in [-0.15, -0.1) is 0 Å². The summed E-state index contributed by atoms with van der Waals surface area (Å²) >= 11 is 0. The second-order valence-corrected chi connectivity index (χ2v) is 5.12.